The zero-order valence-corrected chi connectivity index (χ0v) is 12.6. The van der Waals surface area contributed by atoms with Crippen LogP contribution < -0.4 is 34.7 Å². The van der Waals surface area contributed by atoms with Gasteiger partial charge >= 0.3 is 29.6 Å². The zero-order chi connectivity index (χ0) is 11.5. The number of benzene rings is 1. The molecule has 5 heteroatoms. The van der Waals surface area contributed by atoms with E-state index in [9.17, 15) is 9.90 Å². The molecule has 0 atom stereocenters. The van der Waals surface area contributed by atoms with Crippen LogP contribution in [0.25, 0.3) is 10.9 Å². The molecule has 0 radical (unpaired) electrons. The standard InChI is InChI=1S/C12H11NO2S.Na/c1-8-6-11(16-7-12(14)15)13-10-5-3-2-4-9(8)10;/h2-6H,7H2,1H3,(H,14,15);/q;+1/p-1. The Morgan fingerprint density at radius 2 is 2.12 bits per heavy atom. The van der Waals surface area contributed by atoms with Crippen LogP contribution in [0.15, 0.2) is 35.4 Å². The molecule has 2 rings (SSSR count). The third-order valence-corrected chi connectivity index (χ3v) is 3.12. The SMILES string of the molecule is Cc1cc(SCC(=O)[O-])nc2ccccc12.[Na+]. The van der Waals surface area contributed by atoms with E-state index in [1.807, 2.05) is 37.3 Å². The van der Waals surface area contributed by atoms with Crippen molar-refractivity contribution >= 4 is 28.6 Å². The van der Waals surface area contributed by atoms with E-state index in [1.165, 1.54) is 11.8 Å². The number of carbonyl (C=O) groups excluding carboxylic acids is 1. The monoisotopic (exact) mass is 255 g/mol. The molecule has 0 aliphatic carbocycles. The van der Waals surface area contributed by atoms with E-state index < -0.39 is 5.97 Å². The second kappa shape index (κ2) is 6.40. The Labute approximate surface area is 126 Å². The number of carboxylic acid groups (broad SMARTS) is 1. The van der Waals surface area contributed by atoms with Crippen molar-refractivity contribution in [3.8, 4) is 0 Å². The van der Waals surface area contributed by atoms with Crippen molar-refractivity contribution in [2.24, 2.45) is 0 Å². The Hall–Kier alpha value is -0.550. The number of hydrogen-bond acceptors (Lipinski definition) is 4. The minimum atomic E-state index is -1.07. The van der Waals surface area contributed by atoms with Crippen molar-refractivity contribution in [2.75, 3.05) is 5.75 Å². The first-order valence-electron chi connectivity index (χ1n) is 4.86. The van der Waals surface area contributed by atoms with Gasteiger partial charge in [0.15, 0.2) is 0 Å². The first kappa shape index (κ1) is 14.5. The molecule has 0 N–H and O–H groups in total. The van der Waals surface area contributed by atoms with Crippen molar-refractivity contribution in [3.63, 3.8) is 0 Å². The van der Waals surface area contributed by atoms with Gasteiger partial charge in [-0.15, -0.1) is 11.8 Å². The molecule has 82 valence electrons. The summed E-state index contributed by atoms with van der Waals surface area (Å²) in [6, 6.07) is 9.71. The summed E-state index contributed by atoms with van der Waals surface area (Å²) >= 11 is 1.18. The van der Waals surface area contributed by atoms with Crippen molar-refractivity contribution in [3.05, 3.63) is 35.9 Å². The van der Waals surface area contributed by atoms with Crippen molar-refractivity contribution < 1.29 is 39.5 Å². The second-order valence-corrected chi connectivity index (χ2v) is 4.45. The molecule has 0 spiro atoms. The number of nitrogens with zero attached hydrogens (tertiary/aromatic N) is 1. The maximum Gasteiger partial charge on any atom is 1.00 e. The molecule has 0 bridgehead atoms. The van der Waals surface area contributed by atoms with E-state index in [4.69, 9.17) is 0 Å². The topological polar surface area (TPSA) is 53.0 Å². The van der Waals surface area contributed by atoms with E-state index in [0.29, 0.717) is 0 Å². The number of aliphatic carboxylic acids is 1. The van der Waals surface area contributed by atoms with Crippen LogP contribution in [0, 0.1) is 6.92 Å². The minimum Gasteiger partial charge on any atom is -0.549 e. The Balaban J connectivity index is 0.00000144. The molecule has 0 fully saturated rings. The summed E-state index contributed by atoms with van der Waals surface area (Å²) in [4.78, 5) is 14.7. The Morgan fingerprint density at radius 3 is 2.82 bits per heavy atom. The first-order chi connectivity index (χ1) is 7.66. The third kappa shape index (κ3) is 3.71. The molecule has 1 aromatic heterocycles. The maximum absolute atomic E-state index is 10.4. The Morgan fingerprint density at radius 1 is 1.41 bits per heavy atom. The summed E-state index contributed by atoms with van der Waals surface area (Å²) in [6.07, 6.45) is 0. The van der Waals surface area contributed by atoms with Crippen LogP contribution in [0.5, 0.6) is 0 Å². The number of carbonyl (C=O) groups is 1. The van der Waals surface area contributed by atoms with Crippen molar-refractivity contribution in [1.82, 2.24) is 4.98 Å². The van der Waals surface area contributed by atoms with Gasteiger partial charge < -0.3 is 9.90 Å². The molecule has 1 heterocycles. The number of thioether (sulfide) groups is 1. The van der Waals surface area contributed by atoms with E-state index in [2.05, 4.69) is 4.98 Å². The number of pyridine rings is 1. The maximum atomic E-state index is 10.4. The fourth-order valence-corrected chi connectivity index (χ4v) is 2.21. The number of carboxylic acids is 1. The molecule has 0 amide bonds. The first-order valence-corrected chi connectivity index (χ1v) is 5.84. The van der Waals surface area contributed by atoms with Gasteiger partial charge in [-0.25, -0.2) is 4.98 Å². The van der Waals surface area contributed by atoms with E-state index >= 15 is 0 Å². The van der Waals surface area contributed by atoms with E-state index in [0.717, 1.165) is 21.5 Å². The number of aromatic nitrogens is 1. The van der Waals surface area contributed by atoms with Crippen molar-refractivity contribution in [1.29, 1.82) is 0 Å². The minimum absolute atomic E-state index is 0. The molecular formula is C12H10NNaO2S. The predicted octanol–water partition coefficient (Wildman–Crippen LogP) is -1.61. The van der Waals surface area contributed by atoms with Gasteiger partial charge in [-0.05, 0) is 24.6 Å². The van der Waals surface area contributed by atoms with E-state index in [1.54, 1.807) is 0 Å². The Bertz CT molecular complexity index is 545. The summed E-state index contributed by atoms with van der Waals surface area (Å²) in [6.45, 7) is 1.99. The van der Waals surface area contributed by atoms with Crippen LogP contribution in [0.4, 0.5) is 0 Å². The molecule has 0 saturated carbocycles. The van der Waals surface area contributed by atoms with Gasteiger partial charge in [0.05, 0.1) is 16.5 Å². The van der Waals surface area contributed by atoms with E-state index in [-0.39, 0.29) is 35.3 Å². The number of para-hydroxylation sites is 1. The predicted molar refractivity (Wildman–Crippen MR) is 62.2 cm³/mol. The molecule has 1 aromatic carbocycles. The average Bonchev–Trinajstić information content (AvgIpc) is 2.26. The summed E-state index contributed by atoms with van der Waals surface area (Å²) in [5, 5.41) is 12.2. The van der Waals surface area contributed by atoms with Gasteiger partial charge in [-0.1, -0.05) is 18.2 Å². The quantitative estimate of drug-likeness (QED) is 0.489. The molecular weight excluding hydrogens is 245 g/mol. The fourth-order valence-electron chi connectivity index (χ4n) is 1.53. The van der Waals surface area contributed by atoms with Crippen LogP contribution in [0.1, 0.15) is 5.56 Å². The molecule has 3 nitrogen and oxygen atoms in total. The fraction of sp³-hybridized carbons (Fsp3) is 0.167. The third-order valence-electron chi connectivity index (χ3n) is 2.24. The van der Waals surface area contributed by atoms with Gasteiger partial charge in [0.25, 0.3) is 0 Å². The van der Waals surface area contributed by atoms with Crippen LogP contribution >= 0.6 is 11.8 Å². The average molecular weight is 255 g/mol. The molecule has 2 aromatic rings. The number of hydrogen-bond donors (Lipinski definition) is 0. The van der Waals surface area contributed by atoms with Crippen molar-refractivity contribution in [2.45, 2.75) is 11.9 Å². The second-order valence-electron chi connectivity index (χ2n) is 3.46. The summed E-state index contributed by atoms with van der Waals surface area (Å²) < 4.78 is 0. The van der Waals surface area contributed by atoms with Crippen LogP contribution in [-0.2, 0) is 4.79 Å². The largest absolute Gasteiger partial charge is 1.00 e. The van der Waals surface area contributed by atoms with Crippen LogP contribution in [0.2, 0.25) is 0 Å². The molecule has 0 unspecified atom stereocenters. The smallest absolute Gasteiger partial charge is 0.549 e. The number of aryl methyl sites for hydroxylation is 1. The molecule has 0 saturated heterocycles. The molecule has 17 heavy (non-hydrogen) atoms. The normalized spacial score (nSPS) is 9.94. The van der Waals surface area contributed by atoms with Gasteiger partial charge in [-0.3, -0.25) is 0 Å². The molecule has 0 aliphatic heterocycles. The summed E-state index contributed by atoms with van der Waals surface area (Å²) in [7, 11) is 0. The number of rotatable bonds is 3. The van der Waals surface area contributed by atoms with Crippen LogP contribution in [-0.4, -0.2) is 16.7 Å². The summed E-state index contributed by atoms with van der Waals surface area (Å²) in [5.41, 5.74) is 2.00. The van der Waals surface area contributed by atoms with Gasteiger partial charge in [-0.2, -0.15) is 0 Å². The van der Waals surface area contributed by atoms with Gasteiger partial charge in [0.2, 0.25) is 0 Å². The van der Waals surface area contributed by atoms with Gasteiger partial charge in [0.1, 0.15) is 0 Å². The summed E-state index contributed by atoms with van der Waals surface area (Å²) in [5.74, 6) is -1.14. The zero-order valence-electron chi connectivity index (χ0n) is 9.77. The van der Waals surface area contributed by atoms with Crippen LogP contribution in [0.3, 0.4) is 0 Å². The molecule has 0 aliphatic rings. The Kier molecular flexibility index (Phi) is 5.46. The number of fused-ring (bicyclic) bond motifs is 1. The van der Waals surface area contributed by atoms with Gasteiger partial charge in [0, 0.05) is 11.1 Å².